The van der Waals surface area contributed by atoms with Gasteiger partial charge in [0, 0.05) is 30.6 Å². The third-order valence-corrected chi connectivity index (χ3v) is 5.69. The molecule has 3 heteroatoms. The van der Waals surface area contributed by atoms with E-state index in [1.54, 1.807) is 0 Å². The Kier molecular flexibility index (Phi) is 4.68. The lowest BCUT2D eigenvalue weighted by Crippen LogP contribution is -2.65. The van der Waals surface area contributed by atoms with Gasteiger partial charge in [0.1, 0.15) is 0 Å². The lowest BCUT2D eigenvalue weighted by molar-refractivity contribution is -0.112. The summed E-state index contributed by atoms with van der Waals surface area (Å²) in [5, 5.41) is 3.76. The first kappa shape index (κ1) is 14.8. The van der Waals surface area contributed by atoms with Crippen LogP contribution in [0.5, 0.6) is 0 Å². The van der Waals surface area contributed by atoms with E-state index in [0.29, 0.717) is 23.7 Å². The number of hydrogen-bond donors (Lipinski definition) is 1. The van der Waals surface area contributed by atoms with Gasteiger partial charge in [-0.15, -0.1) is 0 Å². The van der Waals surface area contributed by atoms with Crippen molar-refractivity contribution in [2.45, 2.75) is 77.0 Å². The van der Waals surface area contributed by atoms with Gasteiger partial charge in [-0.2, -0.15) is 0 Å². The van der Waals surface area contributed by atoms with Gasteiger partial charge < -0.3 is 14.8 Å². The van der Waals surface area contributed by atoms with Gasteiger partial charge >= 0.3 is 0 Å². The van der Waals surface area contributed by atoms with Crippen molar-refractivity contribution in [3.8, 4) is 0 Å². The fourth-order valence-electron chi connectivity index (χ4n) is 4.55. The lowest BCUT2D eigenvalue weighted by atomic mass is 9.57. The molecule has 3 rings (SSSR count). The molecule has 1 heterocycles. The topological polar surface area (TPSA) is 30.5 Å². The van der Waals surface area contributed by atoms with Gasteiger partial charge in [-0.05, 0) is 32.2 Å². The minimum atomic E-state index is 0.311. The zero-order chi connectivity index (χ0) is 14.0. The summed E-state index contributed by atoms with van der Waals surface area (Å²) >= 11 is 0. The van der Waals surface area contributed by atoms with Crippen molar-refractivity contribution >= 4 is 0 Å². The van der Waals surface area contributed by atoms with E-state index in [9.17, 15) is 0 Å². The molecule has 3 aliphatic rings. The molecule has 3 unspecified atom stereocenters. The number of ether oxygens (including phenoxy) is 2. The Balaban J connectivity index is 1.30. The minimum absolute atomic E-state index is 0.311. The monoisotopic (exact) mass is 281 g/mol. The highest BCUT2D eigenvalue weighted by Crippen LogP contribution is 2.51. The maximum atomic E-state index is 5.99. The fourth-order valence-corrected chi connectivity index (χ4v) is 4.55. The third-order valence-electron chi connectivity index (χ3n) is 5.69. The molecule has 3 atom stereocenters. The lowest BCUT2D eigenvalue weighted by Gasteiger charge is -2.55. The summed E-state index contributed by atoms with van der Waals surface area (Å²) in [6.07, 6.45) is 10.1. The van der Waals surface area contributed by atoms with Crippen molar-refractivity contribution in [2.75, 3.05) is 19.8 Å². The predicted octanol–water partition coefficient (Wildman–Crippen LogP) is 3.13. The molecule has 0 radical (unpaired) electrons. The van der Waals surface area contributed by atoms with Crippen LogP contribution < -0.4 is 5.32 Å². The van der Waals surface area contributed by atoms with E-state index in [-0.39, 0.29) is 0 Å². The number of hydrogen-bond acceptors (Lipinski definition) is 3. The molecule has 0 spiro atoms. The maximum Gasteiger partial charge on any atom is 0.0685 e. The molecule has 3 nitrogen and oxygen atoms in total. The summed E-state index contributed by atoms with van der Waals surface area (Å²) in [5.41, 5.74) is 0.311. The molecule has 0 bridgehead atoms. The molecule has 2 aliphatic carbocycles. The van der Waals surface area contributed by atoms with Gasteiger partial charge in [0.15, 0.2) is 0 Å². The average Bonchev–Trinajstić information content (AvgIpc) is 2.90. The number of nitrogens with one attached hydrogen (secondary N) is 1. The highest BCUT2D eigenvalue weighted by atomic mass is 16.5. The second-order valence-electron chi connectivity index (χ2n) is 7.48. The Morgan fingerprint density at radius 3 is 2.75 bits per heavy atom. The number of rotatable bonds is 6. The molecule has 1 saturated heterocycles. The van der Waals surface area contributed by atoms with Crippen LogP contribution in [0.2, 0.25) is 0 Å². The van der Waals surface area contributed by atoms with Crippen molar-refractivity contribution in [3.63, 3.8) is 0 Å². The third kappa shape index (κ3) is 2.90. The van der Waals surface area contributed by atoms with E-state index in [1.807, 2.05) is 0 Å². The average molecular weight is 281 g/mol. The molecule has 0 aromatic rings. The molecular formula is C17H31NO2. The summed E-state index contributed by atoms with van der Waals surface area (Å²) in [5.74, 6) is 0.754. The van der Waals surface area contributed by atoms with E-state index in [0.717, 1.165) is 32.1 Å². The van der Waals surface area contributed by atoms with Gasteiger partial charge in [-0.25, -0.2) is 0 Å². The molecule has 116 valence electrons. The first-order chi connectivity index (χ1) is 9.69. The van der Waals surface area contributed by atoms with Gasteiger partial charge in [-0.1, -0.05) is 33.1 Å². The highest BCUT2D eigenvalue weighted by molar-refractivity contribution is 5.11. The van der Waals surface area contributed by atoms with Crippen molar-refractivity contribution in [1.82, 2.24) is 5.32 Å². The van der Waals surface area contributed by atoms with E-state index in [4.69, 9.17) is 9.47 Å². The highest BCUT2D eigenvalue weighted by Gasteiger charge is 2.58. The van der Waals surface area contributed by atoms with Crippen LogP contribution in [-0.2, 0) is 9.47 Å². The zero-order valence-corrected chi connectivity index (χ0v) is 13.2. The van der Waals surface area contributed by atoms with Crippen molar-refractivity contribution in [3.05, 3.63) is 0 Å². The Morgan fingerprint density at radius 2 is 1.95 bits per heavy atom. The maximum absolute atomic E-state index is 5.99. The summed E-state index contributed by atoms with van der Waals surface area (Å²) in [6, 6.07) is 0.643. The van der Waals surface area contributed by atoms with Gasteiger partial charge in [0.25, 0.3) is 0 Å². The fraction of sp³-hybridized carbons (Fsp3) is 1.00. The van der Waals surface area contributed by atoms with E-state index >= 15 is 0 Å². The molecule has 0 aromatic carbocycles. The first-order valence-corrected chi connectivity index (χ1v) is 8.66. The molecule has 1 aliphatic heterocycles. The smallest absolute Gasteiger partial charge is 0.0685 e. The summed E-state index contributed by atoms with van der Waals surface area (Å²) in [7, 11) is 0. The van der Waals surface area contributed by atoms with E-state index in [2.05, 4.69) is 19.2 Å². The normalized spacial score (nSPS) is 36.6. The Hall–Kier alpha value is -0.120. The second-order valence-corrected chi connectivity index (χ2v) is 7.48. The van der Waals surface area contributed by atoms with Gasteiger partial charge in [0.2, 0.25) is 0 Å². The van der Waals surface area contributed by atoms with Gasteiger partial charge in [-0.3, -0.25) is 0 Å². The Bertz CT molecular complexity index is 312. The standard InChI is InChI=1S/C17H31NO2/c1-17(2)15(14-9-12-20-16(14)17)18-10-6-11-19-13-7-4-3-5-8-13/h13-16,18H,3-12H2,1-2H3. The van der Waals surface area contributed by atoms with Crippen LogP contribution in [0.1, 0.15) is 58.8 Å². The molecule has 0 amide bonds. The van der Waals surface area contributed by atoms with Crippen molar-refractivity contribution in [2.24, 2.45) is 11.3 Å². The predicted molar refractivity (Wildman–Crippen MR) is 80.9 cm³/mol. The summed E-state index contributed by atoms with van der Waals surface area (Å²) in [6.45, 7) is 7.66. The summed E-state index contributed by atoms with van der Waals surface area (Å²) < 4.78 is 11.8. The molecule has 0 aromatic heterocycles. The van der Waals surface area contributed by atoms with Crippen LogP contribution in [-0.4, -0.2) is 38.0 Å². The largest absolute Gasteiger partial charge is 0.378 e. The Labute approximate surface area is 123 Å². The van der Waals surface area contributed by atoms with Crippen LogP contribution in [0.15, 0.2) is 0 Å². The number of fused-ring (bicyclic) bond motifs is 1. The SMILES string of the molecule is CC1(C)C(NCCCOC2CCCCC2)C2CCOC21. The van der Waals surface area contributed by atoms with Crippen molar-refractivity contribution in [1.29, 1.82) is 0 Å². The molecule has 2 saturated carbocycles. The molecule has 3 fully saturated rings. The molecule has 20 heavy (non-hydrogen) atoms. The zero-order valence-electron chi connectivity index (χ0n) is 13.2. The molecular weight excluding hydrogens is 250 g/mol. The van der Waals surface area contributed by atoms with Gasteiger partial charge in [0.05, 0.1) is 12.2 Å². The Morgan fingerprint density at radius 1 is 1.15 bits per heavy atom. The second kappa shape index (κ2) is 6.33. The van der Waals surface area contributed by atoms with Crippen LogP contribution in [0, 0.1) is 11.3 Å². The first-order valence-electron chi connectivity index (χ1n) is 8.66. The van der Waals surface area contributed by atoms with Crippen molar-refractivity contribution < 1.29 is 9.47 Å². The van der Waals surface area contributed by atoms with Crippen LogP contribution in [0.3, 0.4) is 0 Å². The van der Waals surface area contributed by atoms with E-state index in [1.165, 1.54) is 38.5 Å². The van der Waals surface area contributed by atoms with E-state index < -0.39 is 0 Å². The van der Waals surface area contributed by atoms with Crippen LogP contribution in [0.25, 0.3) is 0 Å². The molecule has 1 N–H and O–H groups in total. The van der Waals surface area contributed by atoms with Crippen LogP contribution in [0.4, 0.5) is 0 Å². The van der Waals surface area contributed by atoms with Crippen LogP contribution >= 0.6 is 0 Å². The quantitative estimate of drug-likeness (QED) is 0.759. The minimum Gasteiger partial charge on any atom is -0.378 e. The summed E-state index contributed by atoms with van der Waals surface area (Å²) in [4.78, 5) is 0.